The maximum Gasteiger partial charge on any atom is 0.305 e. The van der Waals surface area contributed by atoms with Crippen LogP contribution in [0.2, 0.25) is 0 Å². The van der Waals surface area contributed by atoms with E-state index in [2.05, 4.69) is 58.5 Å². The van der Waals surface area contributed by atoms with Crippen molar-refractivity contribution < 1.29 is 87.5 Å². The summed E-state index contributed by atoms with van der Waals surface area (Å²) in [6.45, 7) is 7.68. The summed E-state index contributed by atoms with van der Waals surface area (Å²) in [7, 11) is 0. The van der Waals surface area contributed by atoms with Crippen molar-refractivity contribution in [2.45, 2.75) is 192 Å². The predicted molar refractivity (Wildman–Crippen MR) is 361 cm³/mol. The number of nitrogens with one attached hydrogen (secondary N) is 11. The molecule has 0 unspecified atom stereocenters. The number of likely N-dealkylation sites (tertiary alicyclic amines) is 1. The fourth-order valence-electron chi connectivity index (χ4n) is 10.6. The molecule has 32 heteroatoms. The first-order valence-corrected chi connectivity index (χ1v) is 33.8. The van der Waals surface area contributed by atoms with Gasteiger partial charge in [0.1, 0.15) is 36.3 Å². The van der Waals surface area contributed by atoms with Crippen molar-refractivity contribution in [1.82, 2.24) is 68.3 Å². The van der Waals surface area contributed by atoms with Gasteiger partial charge in [-0.2, -0.15) is 0 Å². The lowest BCUT2D eigenvalue weighted by Crippen LogP contribution is -2.57. The fourth-order valence-corrected chi connectivity index (χ4v) is 10.6. The second kappa shape index (κ2) is 46.2. The molecule has 0 spiro atoms. The number of carbonyl (C=O) groups is 14. The molecule has 550 valence electrons. The number of amides is 12. The number of benzene rings is 2. The predicted octanol–water partition coefficient (Wildman–Crippen LogP) is -1.95. The van der Waals surface area contributed by atoms with Crippen molar-refractivity contribution in [2.75, 3.05) is 59.0 Å². The molecule has 0 bridgehead atoms. The molecular formula is C67H104N14O18. The van der Waals surface area contributed by atoms with Crippen LogP contribution in [0.4, 0.5) is 0 Å². The van der Waals surface area contributed by atoms with Gasteiger partial charge in [0.25, 0.3) is 0 Å². The topological polar surface area (TPSA) is 485 Å². The van der Waals surface area contributed by atoms with Crippen LogP contribution in [-0.2, 0) is 80.2 Å². The van der Waals surface area contributed by atoms with Crippen molar-refractivity contribution >= 4 is 82.8 Å². The second-order valence-corrected chi connectivity index (χ2v) is 25.3. The average molecular weight is 1390 g/mol. The number of carboxylic acid groups (broad SMARTS) is 2. The van der Waals surface area contributed by atoms with Gasteiger partial charge in [0, 0.05) is 58.5 Å². The molecule has 1 aliphatic heterocycles. The molecule has 2 aromatic carbocycles. The van der Waals surface area contributed by atoms with Crippen LogP contribution in [0.25, 0.3) is 0 Å². The SMILES string of the molecule is CC(C)C[C@H](NC(=O)CNC(=O)[C@H](CCCCNCc1ccccc1)NC(=O)CCCCCNC(=O)[C@H](CCC(=O)O)NC(=O)[C@H](CC(=O)O)NC(=O)[C@@H](N)CC(C)C)C(=O)N(CC(=O)NCC(=O)N1CCC[C@H]1C(=O)N[C@H](C(=O)NCCC(=O)NCCO)[C@@H](C)O)Cc1ccccc1. The fraction of sp³-hybridized carbons (Fsp3) is 0.612. The second-order valence-electron chi connectivity index (χ2n) is 25.3. The smallest absolute Gasteiger partial charge is 0.305 e. The van der Waals surface area contributed by atoms with Gasteiger partial charge >= 0.3 is 11.9 Å². The zero-order valence-electron chi connectivity index (χ0n) is 57.4. The van der Waals surface area contributed by atoms with Gasteiger partial charge in [-0.25, -0.2) is 0 Å². The Labute approximate surface area is 577 Å². The van der Waals surface area contributed by atoms with Gasteiger partial charge in [-0.15, -0.1) is 0 Å². The number of rotatable bonds is 48. The van der Waals surface area contributed by atoms with E-state index in [1.165, 1.54) is 16.7 Å². The van der Waals surface area contributed by atoms with Crippen LogP contribution in [0.15, 0.2) is 60.7 Å². The highest BCUT2D eigenvalue weighted by Crippen LogP contribution is 2.19. The molecule has 0 radical (unpaired) electrons. The molecule has 17 N–H and O–H groups in total. The van der Waals surface area contributed by atoms with E-state index in [1.807, 2.05) is 58.0 Å². The monoisotopic (exact) mass is 1390 g/mol. The number of aliphatic hydroxyl groups is 2. The van der Waals surface area contributed by atoms with E-state index in [1.54, 1.807) is 30.3 Å². The van der Waals surface area contributed by atoms with Crippen molar-refractivity contribution in [3.8, 4) is 0 Å². The molecule has 1 saturated heterocycles. The molecule has 99 heavy (non-hydrogen) atoms. The Morgan fingerprint density at radius 1 is 0.545 bits per heavy atom. The van der Waals surface area contributed by atoms with E-state index < -0.39 is 164 Å². The van der Waals surface area contributed by atoms with Gasteiger partial charge in [-0.3, -0.25) is 67.1 Å². The number of hydrogen-bond donors (Lipinski definition) is 16. The van der Waals surface area contributed by atoms with Crippen LogP contribution in [0, 0.1) is 11.8 Å². The normalized spacial score (nSPS) is 14.7. The maximum absolute atomic E-state index is 14.6. The average Bonchev–Trinajstić information content (AvgIpc) is 1.78. The van der Waals surface area contributed by atoms with Crippen LogP contribution in [0.1, 0.15) is 142 Å². The van der Waals surface area contributed by atoms with Crippen LogP contribution >= 0.6 is 0 Å². The van der Waals surface area contributed by atoms with E-state index in [0.717, 1.165) is 5.56 Å². The minimum Gasteiger partial charge on any atom is -0.481 e. The van der Waals surface area contributed by atoms with Crippen molar-refractivity contribution in [2.24, 2.45) is 17.6 Å². The zero-order valence-corrected chi connectivity index (χ0v) is 57.4. The Balaban J connectivity index is 1.66. The quantitative estimate of drug-likeness (QED) is 0.0320. The van der Waals surface area contributed by atoms with E-state index >= 15 is 0 Å². The Hall–Kier alpha value is -9.14. The molecule has 0 saturated carbocycles. The van der Waals surface area contributed by atoms with E-state index in [-0.39, 0.29) is 96.1 Å². The lowest BCUT2D eigenvalue weighted by Gasteiger charge is -2.29. The molecule has 3 rings (SSSR count). The summed E-state index contributed by atoms with van der Waals surface area (Å²) in [5.74, 6) is -11.4. The van der Waals surface area contributed by atoms with E-state index in [4.69, 9.17) is 10.8 Å². The summed E-state index contributed by atoms with van der Waals surface area (Å²) < 4.78 is 0. The summed E-state index contributed by atoms with van der Waals surface area (Å²) in [5, 5.41) is 66.8. The van der Waals surface area contributed by atoms with Crippen molar-refractivity contribution in [3.05, 3.63) is 71.8 Å². The molecule has 0 aromatic heterocycles. The molecular weight excluding hydrogens is 1290 g/mol. The zero-order chi connectivity index (χ0) is 73.4. The molecule has 8 atom stereocenters. The van der Waals surface area contributed by atoms with Gasteiger partial charge in [-0.05, 0) is 101 Å². The first-order chi connectivity index (χ1) is 47.1. The molecule has 1 heterocycles. The maximum atomic E-state index is 14.6. The number of aliphatic carboxylic acids is 2. The van der Waals surface area contributed by atoms with E-state index in [9.17, 15) is 82.4 Å². The third-order valence-corrected chi connectivity index (χ3v) is 15.7. The standard InChI is InChI=1S/C67H104N14O18/c1-42(2)34-47(68)61(93)78-50(36-59(91)92)64(96)77-49(25-26-58(89)90)62(94)71-29-15-8-13-24-54(85)75-48(22-14-16-28-69-37-45-18-9-6-10-19-45)63(95)74-38-55(86)76-51(35-43(3)4)67(99)80(40-46-20-11-7-12-21-46)41-56(87)73-39-57(88)81-32-17-23-52(81)65(97)79-60(44(5)83)66(98)72-30-27-53(84)70-31-33-82/h6-7,9-12,18-21,42-44,47-52,60,69,82-83H,8,13-17,22-41,68H2,1-5H3,(H,70,84)(H,71,94)(H,72,98)(H,73,87)(H,74,95)(H,75,85)(H,76,86)(H,77,96)(H,78,93)(H,79,97)(H,89,90)(H,91,92)/t44-,47+,48+,49+,50+,51+,52+,60+/m1/s1. The van der Waals surface area contributed by atoms with Gasteiger partial charge < -0.3 is 94.4 Å². The van der Waals surface area contributed by atoms with Gasteiger partial charge in [-0.1, -0.05) is 94.8 Å². The third-order valence-electron chi connectivity index (χ3n) is 15.7. The Morgan fingerprint density at radius 3 is 1.80 bits per heavy atom. The number of nitrogens with zero attached hydrogens (tertiary/aromatic N) is 2. The molecule has 32 nitrogen and oxygen atoms in total. The van der Waals surface area contributed by atoms with E-state index in [0.29, 0.717) is 57.2 Å². The van der Waals surface area contributed by atoms with Crippen LogP contribution < -0.4 is 64.2 Å². The number of aliphatic hydroxyl groups excluding tert-OH is 2. The summed E-state index contributed by atoms with van der Waals surface area (Å²) in [6, 6.07) is 9.50. The first-order valence-electron chi connectivity index (χ1n) is 33.8. The summed E-state index contributed by atoms with van der Waals surface area (Å²) in [5.41, 5.74) is 7.63. The molecule has 1 fully saturated rings. The van der Waals surface area contributed by atoms with Crippen LogP contribution in [-0.4, -0.2) is 220 Å². The van der Waals surface area contributed by atoms with Gasteiger partial charge in [0.2, 0.25) is 70.9 Å². The molecule has 1 aliphatic rings. The van der Waals surface area contributed by atoms with Crippen molar-refractivity contribution in [3.63, 3.8) is 0 Å². The third kappa shape index (κ3) is 34.3. The van der Waals surface area contributed by atoms with Gasteiger partial charge in [0.15, 0.2) is 0 Å². The van der Waals surface area contributed by atoms with Crippen LogP contribution in [0.3, 0.4) is 0 Å². The molecule has 0 aliphatic carbocycles. The number of carbonyl (C=O) groups excluding carboxylic acids is 12. The minimum absolute atomic E-state index is 0.00665. The molecule has 2 aromatic rings. The molecule has 12 amide bonds. The van der Waals surface area contributed by atoms with Gasteiger partial charge in [0.05, 0.1) is 44.8 Å². The summed E-state index contributed by atoms with van der Waals surface area (Å²) >= 11 is 0. The number of nitrogens with two attached hydrogens (primary N) is 1. The van der Waals surface area contributed by atoms with Crippen LogP contribution in [0.5, 0.6) is 0 Å². The van der Waals surface area contributed by atoms with Crippen molar-refractivity contribution in [1.29, 1.82) is 0 Å². The largest absolute Gasteiger partial charge is 0.481 e. The number of carboxylic acids is 2. The lowest BCUT2D eigenvalue weighted by molar-refractivity contribution is -0.142. The Kier molecular flexibility index (Phi) is 39.2. The number of hydrogen-bond acceptors (Lipinski definition) is 18. The highest BCUT2D eigenvalue weighted by atomic mass is 16.4. The Morgan fingerprint density at radius 2 is 1.16 bits per heavy atom. The number of unbranched alkanes of at least 4 members (excludes halogenated alkanes) is 3. The highest BCUT2D eigenvalue weighted by Gasteiger charge is 2.38. The first kappa shape index (κ1) is 84.1. The Bertz CT molecular complexity index is 2960. The lowest BCUT2D eigenvalue weighted by atomic mass is 10.0. The summed E-state index contributed by atoms with van der Waals surface area (Å²) in [6.07, 6.45) is -0.0746. The minimum atomic E-state index is -1.63. The highest BCUT2D eigenvalue weighted by molar-refractivity contribution is 5.97. The summed E-state index contributed by atoms with van der Waals surface area (Å²) in [4.78, 5) is 186.